The number of halogens is 1. The van der Waals surface area contributed by atoms with Gasteiger partial charge in [0.1, 0.15) is 0 Å². The third-order valence-electron chi connectivity index (χ3n) is 3.33. The number of benzene rings is 2. The molecule has 0 atom stereocenters. The lowest BCUT2D eigenvalue weighted by atomic mass is 10.3. The van der Waals surface area contributed by atoms with E-state index in [1.165, 1.54) is 18.0 Å². The van der Waals surface area contributed by atoms with E-state index < -0.39 is 0 Å². The molecule has 0 aliphatic rings. The summed E-state index contributed by atoms with van der Waals surface area (Å²) in [6.45, 7) is 0. The van der Waals surface area contributed by atoms with Gasteiger partial charge in [0.15, 0.2) is 5.76 Å². The van der Waals surface area contributed by atoms with E-state index in [2.05, 4.69) is 10.6 Å². The van der Waals surface area contributed by atoms with Crippen molar-refractivity contribution in [3.8, 4) is 0 Å². The zero-order chi connectivity index (χ0) is 18.4. The summed E-state index contributed by atoms with van der Waals surface area (Å²) in [5.74, 6) is 0.0449. The molecule has 0 aliphatic heterocycles. The summed E-state index contributed by atoms with van der Waals surface area (Å²) in [5, 5.41) is 6.18. The molecule has 0 saturated carbocycles. The highest BCUT2D eigenvalue weighted by atomic mass is 35.5. The summed E-state index contributed by atoms with van der Waals surface area (Å²) < 4.78 is 5.06. The van der Waals surface area contributed by atoms with Crippen LogP contribution in [0.15, 0.2) is 76.2 Å². The molecule has 3 aromatic rings. The van der Waals surface area contributed by atoms with E-state index in [1.807, 2.05) is 12.1 Å². The molecule has 0 fully saturated rings. The summed E-state index contributed by atoms with van der Waals surface area (Å²) in [4.78, 5) is 24.9. The average molecular weight is 387 g/mol. The second-order valence-electron chi connectivity index (χ2n) is 5.30. The Bertz CT molecular complexity index is 895. The molecule has 3 rings (SSSR count). The number of nitrogens with one attached hydrogen (secondary N) is 2. The van der Waals surface area contributed by atoms with Crippen molar-refractivity contribution in [2.24, 2.45) is 0 Å². The Labute approximate surface area is 159 Å². The average Bonchev–Trinajstić information content (AvgIpc) is 3.17. The molecule has 0 spiro atoms. The van der Waals surface area contributed by atoms with E-state index in [0.29, 0.717) is 16.4 Å². The maximum Gasteiger partial charge on any atom is 0.291 e. The number of thioether (sulfide) groups is 1. The molecule has 132 valence electrons. The van der Waals surface area contributed by atoms with E-state index in [-0.39, 0.29) is 23.3 Å². The molecule has 2 N–H and O–H groups in total. The smallest absolute Gasteiger partial charge is 0.291 e. The van der Waals surface area contributed by atoms with Crippen LogP contribution in [0.5, 0.6) is 0 Å². The Kier molecular flexibility index (Phi) is 5.99. The number of hydrogen-bond donors (Lipinski definition) is 2. The maximum absolute atomic E-state index is 12.0. The largest absolute Gasteiger partial charge is 0.459 e. The minimum Gasteiger partial charge on any atom is -0.459 e. The highest BCUT2D eigenvalue weighted by Crippen LogP contribution is 2.22. The molecule has 26 heavy (non-hydrogen) atoms. The summed E-state index contributed by atoms with van der Waals surface area (Å²) in [7, 11) is 0. The van der Waals surface area contributed by atoms with Crippen LogP contribution in [-0.2, 0) is 4.79 Å². The van der Waals surface area contributed by atoms with Crippen molar-refractivity contribution >= 4 is 46.6 Å². The standard InChI is InChI=1S/C19H15ClN2O3S/c20-13-6-8-14(9-7-13)21-18(23)12-26-16-4-1-3-15(11-16)22-19(24)17-5-2-10-25-17/h1-11H,12H2,(H,21,23)(H,22,24). The number of amides is 2. The lowest BCUT2D eigenvalue weighted by Crippen LogP contribution is -2.14. The molecular formula is C19H15ClN2O3S. The van der Waals surface area contributed by atoms with Gasteiger partial charge in [0, 0.05) is 21.3 Å². The first-order valence-electron chi connectivity index (χ1n) is 7.73. The van der Waals surface area contributed by atoms with Crippen molar-refractivity contribution in [2.45, 2.75) is 4.90 Å². The fourth-order valence-electron chi connectivity index (χ4n) is 2.14. The Morgan fingerprint density at radius 2 is 1.77 bits per heavy atom. The van der Waals surface area contributed by atoms with Crippen molar-refractivity contribution in [1.29, 1.82) is 0 Å². The molecule has 0 radical (unpaired) electrons. The highest BCUT2D eigenvalue weighted by molar-refractivity contribution is 8.00. The van der Waals surface area contributed by atoms with Crippen LogP contribution in [0.2, 0.25) is 5.02 Å². The summed E-state index contributed by atoms with van der Waals surface area (Å²) in [6, 6.07) is 17.4. The number of carbonyl (C=O) groups is 2. The quantitative estimate of drug-likeness (QED) is 0.590. The van der Waals surface area contributed by atoms with Crippen molar-refractivity contribution < 1.29 is 14.0 Å². The lowest BCUT2D eigenvalue weighted by Gasteiger charge is -2.07. The predicted molar refractivity (Wildman–Crippen MR) is 104 cm³/mol. The molecule has 5 nitrogen and oxygen atoms in total. The van der Waals surface area contributed by atoms with E-state index in [1.54, 1.807) is 48.5 Å². The number of rotatable bonds is 6. The van der Waals surface area contributed by atoms with Gasteiger partial charge in [0.05, 0.1) is 12.0 Å². The lowest BCUT2D eigenvalue weighted by molar-refractivity contribution is -0.113. The van der Waals surface area contributed by atoms with Crippen LogP contribution in [0.25, 0.3) is 0 Å². The van der Waals surface area contributed by atoms with Crippen LogP contribution in [-0.4, -0.2) is 17.6 Å². The van der Waals surface area contributed by atoms with Crippen LogP contribution in [0, 0.1) is 0 Å². The summed E-state index contributed by atoms with van der Waals surface area (Å²) >= 11 is 7.20. The van der Waals surface area contributed by atoms with Crippen LogP contribution in [0.4, 0.5) is 11.4 Å². The van der Waals surface area contributed by atoms with Crippen molar-refractivity contribution in [1.82, 2.24) is 0 Å². The SMILES string of the molecule is O=C(CSc1cccc(NC(=O)c2ccco2)c1)Nc1ccc(Cl)cc1. The van der Waals surface area contributed by atoms with Gasteiger partial charge in [-0.2, -0.15) is 0 Å². The molecule has 1 aromatic heterocycles. The Balaban J connectivity index is 1.54. The first kappa shape index (κ1) is 18.1. The normalized spacial score (nSPS) is 10.3. The predicted octanol–water partition coefficient (Wildman–Crippen LogP) is 4.92. The highest BCUT2D eigenvalue weighted by Gasteiger charge is 2.09. The van der Waals surface area contributed by atoms with Crippen molar-refractivity contribution in [3.05, 3.63) is 77.7 Å². The van der Waals surface area contributed by atoms with E-state index in [0.717, 1.165) is 4.90 Å². The Morgan fingerprint density at radius 1 is 0.962 bits per heavy atom. The molecule has 0 aliphatic carbocycles. The topological polar surface area (TPSA) is 71.3 Å². The van der Waals surface area contributed by atoms with Crippen LogP contribution < -0.4 is 10.6 Å². The van der Waals surface area contributed by atoms with Gasteiger partial charge in [0.25, 0.3) is 5.91 Å². The first-order chi connectivity index (χ1) is 12.6. The van der Waals surface area contributed by atoms with Gasteiger partial charge in [-0.3, -0.25) is 9.59 Å². The summed E-state index contributed by atoms with van der Waals surface area (Å²) in [6.07, 6.45) is 1.44. The second-order valence-corrected chi connectivity index (χ2v) is 6.79. The van der Waals surface area contributed by atoms with Gasteiger partial charge in [-0.05, 0) is 54.6 Å². The molecule has 2 amide bonds. The molecule has 7 heteroatoms. The number of hydrogen-bond acceptors (Lipinski definition) is 4. The number of anilines is 2. The summed E-state index contributed by atoms with van der Waals surface area (Å²) in [5.41, 5.74) is 1.33. The molecule has 0 bridgehead atoms. The van der Waals surface area contributed by atoms with Crippen molar-refractivity contribution in [3.63, 3.8) is 0 Å². The maximum atomic E-state index is 12.0. The minimum atomic E-state index is -0.322. The van der Waals surface area contributed by atoms with Gasteiger partial charge in [-0.25, -0.2) is 0 Å². The van der Waals surface area contributed by atoms with E-state index in [4.69, 9.17) is 16.0 Å². The second kappa shape index (κ2) is 8.60. The monoisotopic (exact) mass is 386 g/mol. The third kappa shape index (κ3) is 5.15. The van der Waals surface area contributed by atoms with Crippen LogP contribution >= 0.6 is 23.4 Å². The molecule has 2 aromatic carbocycles. The minimum absolute atomic E-state index is 0.123. The molecule has 0 saturated heterocycles. The number of furan rings is 1. The van der Waals surface area contributed by atoms with Gasteiger partial charge < -0.3 is 15.1 Å². The van der Waals surface area contributed by atoms with E-state index >= 15 is 0 Å². The fourth-order valence-corrected chi connectivity index (χ4v) is 3.02. The third-order valence-corrected chi connectivity index (χ3v) is 4.58. The van der Waals surface area contributed by atoms with E-state index in [9.17, 15) is 9.59 Å². The Morgan fingerprint density at radius 3 is 2.50 bits per heavy atom. The zero-order valence-electron chi connectivity index (χ0n) is 13.6. The zero-order valence-corrected chi connectivity index (χ0v) is 15.1. The van der Waals surface area contributed by atoms with Crippen LogP contribution in [0.1, 0.15) is 10.6 Å². The molecule has 0 unspecified atom stereocenters. The van der Waals surface area contributed by atoms with Crippen molar-refractivity contribution in [2.75, 3.05) is 16.4 Å². The fraction of sp³-hybridized carbons (Fsp3) is 0.0526. The van der Waals surface area contributed by atoms with Crippen LogP contribution in [0.3, 0.4) is 0 Å². The van der Waals surface area contributed by atoms with Gasteiger partial charge in [-0.15, -0.1) is 11.8 Å². The van der Waals surface area contributed by atoms with Gasteiger partial charge >= 0.3 is 0 Å². The molecular weight excluding hydrogens is 372 g/mol. The van der Waals surface area contributed by atoms with Gasteiger partial charge in [0.2, 0.25) is 5.91 Å². The first-order valence-corrected chi connectivity index (χ1v) is 9.10. The Hall–Kier alpha value is -2.70. The molecule has 1 heterocycles. The van der Waals surface area contributed by atoms with Gasteiger partial charge in [-0.1, -0.05) is 17.7 Å². The number of carbonyl (C=O) groups excluding carboxylic acids is 2.